The van der Waals surface area contributed by atoms with Gasteiger partial charge in [0.15, 0.2) is 0 Å². The Morgan fingerprint density at radius 1 is 1.69 bits per heavy atom. The first kappa shape index (κ1) is 12.3. The molecule has 0 aromatic carbocycles. The highest BCUT2D eigenvalue weighted by Crippen LogP contribution is 1.99. The first-order valence-electron chi connectivity index (χ1n) is 4.06. The molecule has 0 aliphatic rings. The van der Waals surface area contributed by atoms with Crippen molar-refractivity contribution in [1.82, 2.24) is 5.32 Å². The topological polar surface area (TPSA) is 78.8 Å². The van der Waals surface area contributed by atoms with Gasteiger partial charge in [-0.3, -0.25) is 4.79 Å². The van der Waals surface area contributed by atoms with Crippen LogP contribution in [0.4, 0.5) is 0 Å². The Kier molecular flexibility index (Phi) is 4.90. The maximum absolute atomic E-state index is 11.1. The molecule has 3 N–H and O–H groups in total. The van der Waals surface area contributed by atoms with Crippen molar-refractivity contribution in [2.24, 2.45) is 0 Å². The summed E-state index contributed by atoms with van der Waals surface area (Å²) in [4.78, 5) is 11.1. The number of carbonyl (C=O) groups is 1. The fourth-order valence-corrected chi connectivity index (χ4v) is 0.584. The summed E-state index contributed by atoms with van der Waals surface area (Å²) in [5.74, 6) is -0.309. The molecule has 0 heterocycles. The Labute approximate surface area is 77.7 Å². The number of methoxy groups -OCH3 is 1. The first-order chi connectivity index (χ1) is 5.93. The van der Waals surface area contributed by atoms with Gasteiger partial charge in [-0.25, -0.2) is 0 Å². The first-order valence-corrected chi connectivity index (χ1v) is 4.06. The Bertz CT molecular complexity index is 170. The molecule has 0 bridgehead atoms. The molecule has 0 saturated carbocycles. The van der Waals surface area contributed by atoms with E-state index < -0.39 is 18.3 Å². The van der Waals surface area contributed by atoms with Gasteiger partial charge in [-0.1, -0.05) is 0 Å². The van der Waals surface area contributed by atoms with Gasteiger partial charge in [0.1, 0.15) is 11.7 Å². The van der Waals surface area contributed by atoms with Crippen LogP contribution in [0.3, 0.4) is 0 Å². The molecule has 0 saturated heterocycles. The highest BCUT2D eigenvalue weighted by Gasteiger charge is 2.21. The molecule has 0 aliphatic heterocycles. The van der Waals surface area contributed by atoms with E-state index in [1.54, 1.807) is 6.92 Å². The molecule has 5 heteroatoms. The zero-order valence-electron chi connectivity index (χ0n) is 8.20. The van der Waals surface area contributed by atoms with Crippen molar-refractivity contribution in [3.05, 3.63) is 0 Å². The summed E-state index contributed by atoms with van der Waals surface area (Å²) in [6.45, 7) is 2.65. The number of carbonyl (C=O) groups excluding carboxylic acids is 1. The number of hydrogen-bond donors (Lipinski definition) is 3. The quantitative estimate of drug-likeness (QED) is 0.514. The summed E-state index contributed by atoms with van der Waals surface area (Å²) in [6.07, 6.45) is -0.547. The SMILES string of the molecule is COC(C)C(=O)NCC(C)(O)CO. The van der Waals surface area contributed by atoms with E-state index in [9.17, 15) is 9.90 Å². The Hall–Kier alpha value is -0.650. The van der Waals surface area contributed by atoms with Crippen LogP contribution in [-0.2, 0) is 9.53 Å². The lowest BCUT2D eigenvalue weighted by molar-refractivity contribution is -0.131. The molecular weight excluding hydrogens is 174 g/mol. The molecule has 2 atom stereocenters. The van der Waals surface area contributed by atoms with Gasteiger partial charge in [0, 0.05) is 13.7 Å². The molecule has 5 nitrogen and oxygen atoms in total. The van der Waals surface area contributed by atoms with Crippen molar-refractivity contribution in [2.45, 2.75) is 25.6 Å². The van der Waals surface area contributed by atoms with Gasteiger partial charge in [0.05, 0.1) is 6.61 Å². The Morgan fingerprint density at radius 3 is 2.62 bits per heavy atom. The smallest absolute Gasteiger partial charge is 0.248 e. The van der Waals surface area contributed by atoms with Crippen LogP contribution in [0.5, 0.6) is 0 Å². The van der Waals surface area contributed by atoms with Crippen molar-refractivity contribution in [3.8, 4) is 0 Å². The minimum Gasteiger partial charge on any atom is -0.393 e. The van der Waals surface area contributed by atoms with Gasteiger partial charge >= 0.3 is 0 Å². The van der Waals surface area contributed by atoms with E-state index in [-0.39, 0.29) is 12.5 Å². The van der Waals surface area contributed by atoms with Gasteiger partial charge in [0.2, 0.25) is 5.91 Å². The van der Waals surface area contributed by atoms with Gasteiger partial charge < -0.3 is 20.3 Å². The van der Waals surface area contributed by atoms with Crippen LogP contribution in [0, 0.1) is 0 Å². The lowest BCUT2D eigenvalue weighted by atomic mass is 10.1. The number of rotatable bonds is 5. The van der Waals surface area contributed by atoms with Crippen LogP contribution >= 0.6 is 0 Å². The third-order valence-corrected chi connectivity index (χ3v) is 1.71. The van der Waals surface area contributed by atoms with E-state index in [1.807, 2.05) is 0 Å². The van der Waals surface area contributed by atoms with Crippen molar-refractivity contribution in [3.63, 3.8) is 0 Å². The van der Waals surface area contributed by atoms with E-state index in [0.717, 1.165) is 0 Å². The average Bonchev–Trinajstić information content (AvgIpc) is 2.13. The normalized spacial score (nSPS) is 17.6. The molecule has 0 aromatic heterocycles. The molecule has 1 amide bonds. The van der Waals surface area contributed by atoms with Crippen molar-refractivity contribution < 1.29 is 19.7 Å². The molecule has 13 heavy (non-hydrogen) atoms. The van der Waals surface area contributed by atoms with E-state index >= 15 is 0 Å². The second kappa shape index (κ2) is 5.16. The summed E-state index contributed by atoms with van der Waals surface area (Å²) in [6, 6.07) is 0. The maximum atomic E-state index is 11.1. The minimum absolute atomic E-state index is 0.00995. The molecule has 0 aliphatic carbocycles. The third kappa shape index (κ3) is 4.82. The fraction of sp³-hybridized carbons (Fsp3) is 0.875. The van der Waals surface area contributed by atoms with Crippen LogP contribution in [0.2, 0.25) is 0 Å². The highest BCUT2D eigenvalue weighted by atomic mass is 16.5. The zero-order valence-corrected chi connectivity index (χ0v) is 8.20. The molecule has 0 spiro atoms. The van der Waals surface area contributed by atoms with E-state index in [4.69, 9.17) is 9.84 Å². The Balaban J connectivity index is 3.83. The number of amides is 1. The van der Waals surface area contributed by atoms with Crippen LogP contribution in [-0.4, -0.2) is 48.1 Å². The van der Waals surface area contributed by atoms with E-state index in [2.05, 4.69) is 5.32 Å². The number of ether oxygens (including phenoxy) is 1. The minimum atomic E-state index is -1.27. The Morgan fingerprint density at radius 2 is 2.23 bits per heavy atom. The largest absolute Gasteiger partial charge is 0.393 e. The van der Waals surface area contributed by atoms with Crippen molar-refractivity contribution >= 4 is 5.91 Å². The van der Waals surface area contributed by atoms with Gasteiger partial charge in [-0.05, 0) is 13.8 Å². The van der Waals surface area contributed by atoms with Crippen LogP contribution in [0.15, 0.2) is 0 Å². The monoisotopic (exact) mass is 191 g/mol. The molecule has 2 unspecified atom stereocenters. The number of nitrogens with one attached hydrogen (secondary N) is 1. The van der Waals surface area contributed by atoms with Crippen molar-refractivity contribution in [2.75, 3.05) is 20.3 Å². The third-order valence-electron chi connectivity index (χ3n) is 1.71. The van der Waals surface area contributed by atoms with Gasteiger partial charge in [-0.15, -0.1) is 0 Å². The predicted octanol–water partition coefficient (Wildman–Crippen LogP) is -1.12. The standard InChI is InChI=1S/C8H17NO4/c1-6(13-3)7(11)9-4-8(2,12)5-10/h6,10,12H,4-5H2,1-3H3,(H,9,11). The second-order valence-corrected chi connectivity index (χ2v) is 3.25. The maximum Gasteiger partial charge on any atom is 0.248 e. The lowest BCUT2D eigenvalue weighted by Gasteiger charge is -2.21. The fourth-order valence-electron chi connectivity index (χ4n) is 0.584. The van der Waals surface area contributed by atoms with E-state index in [1.165, 1.54) is 14.0 Å². The number of aliphatic hydroxyl groups excluding tert-OH is 1. The summed E-state index contributed by atoms with van der Waals surface area (Å²) in [7, 11) is 1.43. The van der Waals surface area contributed by atoms with Gasteiger partial charge in [0.25, 0.3) is 0 Å². The molecule has 0 radical (unpaired) electrons. The molecule has 0 aromatic rings. The molecule has 0 rings (SSSR count). The summed E-state index contributed by atoms with van der Waals surface area (Å²) >= 11 is 0. The second-order valence-electron chi connectivity index (χ2n) is 3.25. The molecule has 78 valence electrons. The van der Waals surface area contributed by atoms with Crippen LogP contribution < -0.4 is 5.32 Å². The summed E-state index contributed by atoms with van der Waals surface area (Å²) in [5, 5.41) is 20.4. The number of hydrogen-bond acceptors (Lipinski definition) is 4. The van der Waals surface area contributed by atoms with Crippen LogP contribution in [0.25, 0.3) is 0 Å². The summed E-state index contributed by atoms with van der Waals surface area (Å²) < 4.78 is 4.75. The van der Waals surface area contributed by atoms with E-state index in [0.29, 0.717) is 0 Å². The zero-order chi connectivity index (χ0) is 10.5. The van der Waals surface area contributed by atoms with Crippen LogP contribution in [0.1, 0.15) is 13.8 Å². The molecular formula is C8H17NO4. The summed E-state index contributed by atoms with van der Waals surface area (Å²) in [5.41, 5.74) is -1.27. The average molecular weight is 191 g/mol. The molecule has 0 fully saturated rings. The predicted molar refractivity (Wildman–Crippen MR) is 47.2 cm³/mol. The number of aliphatic hydroxyl groups is 2. The lowest BCUT2D eigenvalue weighted by Crippen LogP contribution is -2.46. The highest BCUT2D eigenvalue weighted by molar-refractivity contribution is 5.80. The van der Waals surface area contributed by atoms with Gasteiger partial charge in [-0.2, -0.15) is 0 Å². The van der Waals surface area contributed by atoms with Crippen molar-refractivity contribution in [1.29, 1.82) is 0 Å².